The van der Waals surface area contributed by atoms with E-state index in [1.807, 2.05) is 7.05 Å². The van der Waals surface area contributed by atoms with E-state index < -0.39 is 0 Å². The fourth-order valence-electron chi connectivity index (χ4n) is 2.63. The lowest BCUT2D eigenvalue weighted by Gasteiger charge is -2.28. The van der Waals surface area contributed by atoms with Crippen molar-refractivity contribution in [1.29, 1.82) is 0 Å². The topological polar surface area (TPSA) is 50.2 Å². The molecule has 100 valence electrons. The molecule has 2 heterocycles. The van der Waals surface area contributed by atoms with Gasteiger partial charge in [0, 0.05) is 25.7 Å². The van der Waals surface area contributed by atoms with Crippen molar-refractivity contribution < 1.29 is 4.79 Å². The number of carbonyl (C=O) groups excluding carboxylic acids is 1. The predicted octanol–water partition coefficient (Wildman–Crippen LogP) is 1.02. The molecule has 1 atom stereocenters. The molecule has 1 fully saturated rings. The minimum Gasteiger partial charge on any atom is -0.349 e. The van der Waals surface area contributed by atoms with Gasteiger partial charge in [0.25, 0.3) is 5.91 Å². The third-order valence-electron chi connectivity index (χ3n) is 3.63. The van der Waals surface area contributed by atoms with Crippen LogP contribution in [-0.4, -0.2) is 45.5 Å². The molecule has 1 aromatic heterocycles. The van der Waals surface area contributed by atoms with Crippen LogP contribution >= 0.6 is 0 Å². The van der Waals surface area contributed by atoms with Crippen molar-refractivity contribution in [1.82, 2.24) is 19.8 Å². The Morgan fingerprint density at radius 3 is 3.00 bits per heavy atom. The number of aryl methyl sites for hydroxylation is 1. The summed E-state index contributed by atoms with van der Waals surface area (Å²) in [6.45, 7) is 6.29. The molecule has 2 rings (SSSR count). The molecule has 1 amide bonds. The van der Waals surface area contributed by atoms with Crippen LogP contribution in [0.3, 0.4) is 0 Å². The first kappa shape index (κ1) is 13.1. The minimum atomic E-state index is -0.0365. The Kier molecular flexibility index (Phi) is 4.01. The Balaban J connectivity index is 1.88. The zero-order valence-corrected chi connectivity index (χ0v) is 11.4. The number of amides is 1. The summed E-state index contributed by atoms with van der Waals surface area (Å²) >= 11 is 0. The third-order valence-corrected chi connectivity index (χ3v) is 3.63. The first-order valence-electron chi connectivity index (χ1n) is 6.60. The summed E-state index contributed by atoms with van der Waals surface area (Å²) in [4.78, 5) is 18.4. The van der Waals surface area contributed by atoms with Gasteiger partial charge in [0.2, 0.25) is 0 Å². The van der Waals surface area contributed by atoms with Crippen LogP contribution < -0.4 is 5.32 Å². The molecular formula is C13H22N4O. The van der Waals surface area contributed by atoms with Crippen molar-refractivity contribution in [2.75, 3.05) is 13.1 Å². The van der Waals surface area contributed by atoms with Crippen LogP contribution in [0.2, 0.25) is 0 Å². The molecule has 0 saturated carbocycles. The van der Waals surface area contributed by atoms with Gasteiger partial charge in [-0.05, 0) is 33.2 Å². The molecule has 1 N–H and O–H groups in total. The first-order valence-corrected chi connectivity index (χ1v) is 6.60. The maximum absolute atomic E-state index is 12.0. The number of hydrogen-bond acceptors (Lipinski definition) is 3. The second-order valence-corrected chi connectivity index (χ2v) is 5.23. The van der Waals surface area contributed by atoms with Crippen molar-refractivity contribution in [3.8, 4) is 0 Å². The Labute approximate surface area is 108 Å². The fraction of sp³-hybridized carbons (Fsp3) is 0.692. The van der Waals surface area contributed by atoms with Gasteiger partial charge in [0.1, 0.15) is 5.69 Å². The summed E-state index contributed by atoms with van der Waals surface area (Å²) in [5, 5.41) is 3.01. The number of rotatable bonds is 4. The molecule has 0 aromatic carbocycles. The molecule has 1 unspecified atom stereocenters. The van der Waals surface area contributed by atoms with Gasteiger partial charge >= 0.3 is 0 Å². The lowest BCUT2D eigenvalue weighted by Crippen LogP contribution is -2.43. The standard InChI is InChI=1S/C13H22N4O/c1-10(2)17-6-4-5-11(17)7-15-13(18)12-8-14-9-16(12)3/h8-11H,4-7H2,1-3H3,(H,15,18). The minimum absolute atomic E-state index is 0.0365. The quantitative estimate of drug-likeness (QED) is 0.868. The molecule has 1 aliphatic heterocycles. The zero-order chi connectivity index (χ0) is 13.1. The van der Waals surface area contributed by atoms with E-state index in [1.54, 1.807) is 17.1 Å². The van der Waals surface area contributed by atoms with Crippen LogP contribution in [0.5, 0.6) is 0 Å². The van der Waals surface area contributed by atoms with E-state index >= 15 is 0 Å². The van der Waals surface area contributed by atoms with Crippen molar-refractivity contribution in [3.05, 3.63) is 18.2 Å². The molecular weight excluding hydrogens is 228 g/mol. The van der Waals surface area contributed by atoms with Crippen LogP contribution in [0.1, 0.15) is 37.2 Å². The van der Waals surface area contributed by atoms with Gasteiger partial charge in [0.05, 0.1) is 12.5 Å². The Bertz CT molecular complexity index is 413. The second-order valence-electron chi connectivity index (χ2n) is 5.23. The normalized spacial score (nSPS) is 20.6. The number of aromatic nitrogens is 2. The number of nitrogens with zero attached hydrogens (tertiary/aromatic N) is 3. The number of likely N-dealkylation sites (tertiary alicyclic amines) is 1. The maximum Gasteiger partial charge on any atom is 0.269 e. The molecule has 1 aromatic rings. The van der Waals surface area contributed by atoms with Crippen molar-refractivity contribution in [2.24, 2.45) is 7.05 Å². The van der Waals surface area contributed by atoms with E-state index in [0.717, 1.165) is 13.1 Å². The summed E-state index contributed by atoms with van der Waals surface area (Å²) in [5.74, 6) is -0.0365. The number of carbonyl (C=O) groups is 1. The van der Waals surface area contributed by atoms with Crippen LogP contribution in [0, 0.1) is 0 Å². The van der Waals surface area contributed by atoms with Gasteiger partial charge < -0.3 is 9.88 Å². The van der Waals surface area contributed by atoms with Gasteiger partial charge in [-0.15, -0.1) is 0 Å². The van der Waals surface area contributed by atoms with Crippen molar-refractivity contribution in [2.45, 2.75) is 38.8 Å². The lowest BCUT2D eigenvalue weighted by atomic mass is 10.2. The molecule has 1 aliphatic rings. The molecule has 0 aliphatic carbocycles. The molecule has 1 saturated heterocycles. The monoisotopic (exact) mass is 250 g/mol. The Hall–Kier alpha value is -1.36. The highest BCUT2D eigenvalue weighted by molar-refractivity contribution is 5.92. The highest BCUT2D eigenvalue weighted by atomic mass is 16.1. The van der Waals surface area contributed by atoms with Crippen LogP contribution in [0.25, 0.3) is 0 Å². The third kappa shape index (κ3) is 2.72. The van der Waals surface area contributed by atoms with E-state index in [9.17, 15) is 4.79 Å². The summed E-state index contributed by atoms with van der Waals surface area (Å²) in [7, 11) is 1.83. The van der Waals surface area contributed by atoms with E-state index in [4.69, 9.17) is 0 Å². The molecule has 18 heavy (non-hydrogen) atoms. The second kappa shape index (κ2) is 5.52. The van der Waals surface area contributed by atoms with E-state index in [1.165, 1.54) is 12.8 Å². The zero-order valence-electron chi connectivity index (χ0n) is 11.4. The Morgan fingerprint density at radius 2 is 2.39 bits per heavy atom. The molecule has 0 bridgehead atoms. The van der Waals surface area contributed by atoms with Crippen LogP contribution in [0.15, 0.2) is 12.5 Å². The summed E-state index contributed by atoms with van der Waals surface area (Å²) in [6.07, 6.45) is 5.64. The molecule has 5 nitrogen and oxygen atoms in total. The SMILES string of the molecule is CC(C)N1CCCC1CNC(=O)c1cncn1C. The van der Waals surface area contributed by atoms with E-state index in [-0.39, 0.29) is 5.91 Å². The van der Waals surface area contributed by atoms with Crippen molar-refractivity contribution >= 4 is 5.91 Å². The van der Waals surface area contributed by atoms with Gasteiger partial charge in [0.15, 0.2) is 0 Å². The highest BCUT2D eigenvalue weighted by Crippen LogP contribution is 2.19. The van der Waals surface area contributed by atoms with E-state index in [0.29, 0.717) is 17.8 Å². The van der Waals surface area contributed by atoms with Gasteiger partial charge in [-0.25, -0.2) is 4.98 Å². The summed E-state index contributed by atoms with van der Waals surface area (Å²) in [6, 6.07) is 1.02. The van der Waals surface area contributed by atoms with Gasteiger partial charge in [-0.2, -0.15) is 0 Å². The average molecular weight is 250 g/mol. The summed E-state index contributed by atoms with van der Waals surface area (Å²) < 4.78 is 1.74. The number of hydrogen-bond donors (Lipinski definition) is 1. The van der Waals surface area contributed by atoms with Gasteiger partial charge in [-0.1, -0.05) is 0 Å². The van der Waals surface area contributed by atoms with Crippen LogP contribution in [0.4, 0.5) is 0 Å². The molecule has 5 heteroatoms. The molecule has 0 spiro atoms. The first-order chi connectivity index (χ1) is 8.59. The fourth-order valence-corrected chi connectivity index (χ4v) is 2.63. The number of imidazole rings is 1. The average Bonchev–Trinajstić information content (AvgIpc) is 2.94. The van der Waals surface area contributed by atoms with Gasteiger partial charge in [-0.3, -0.25) is 9.69 Å². The molecule has 0 radical (unpaired) electrons. The number of nitrogens with one attached hydrogen (secondary N) is 1. The Morgan fingerprint density at radius 1 is 1.61 bits per heavy atom. The lowest BCUT2D eigenvalue weighted by molar-refractivity contribution is 0.0927. The summed E-state index contributed by atoms with van der Waals surface area (Å²) in [5.41, 5.74) is 0.615. The maximum atomic E-state index is 12.0. The van der Waals surface area contributed by atoms with Crippen molar-refractivity contribution in [3.63, 3.8) is 0 Å². The van der Waals surface area contributed by atoms with E-state index in [2.05, 4.69) is 29.0 Å². The predicted molar refractivity (Wildman–Crippen MR) is 70.4 cm³/mol. The highest BCUT2D eigenvalue weighted by Gasteiger charge is 2.26. The largest absolute Gasteiger partial charge is 0.349 e. The van der Waals surface area contributed by atoms with Crippen LogP contribution in [-0.2, 0) is 7.05 Å². The smallest absolute Gasteiger partial charge is 0.269 e.